The van der Waals surface area contributed by atoms with Gasteiger partial charge in [0.15, 0.2) is 5.82 Å². The fourth-order valence-corrected chi connectivity index (χ4v) is 2.09. The highest BCUT2D eigenvalue weighted by Gasteiger charge is 2.29. The van der Waals surface area contributed by atoms with Crippen LogP contribution in [0.1, 0.15) is 30.4 Å². The number of aryl methyl sites for hydroxylation is 1. The molecular weight excluding hydrogens is 204 g/mol. The van der Waals surface area contributed by atoms with E-state index in [0.29, 0.717) is 5.92 Å². The molecule has 5 heteroatoms. The maximum absolute atomic E-state index is 5.68. The molecule has 0 spiro atoms. The summed E-state index contributed by atoms with van der Waals surface area (Å²) in [6, 6.07) is 0. The maximum atomic E-state index is 5.68. The second-order valence-electron chi connectivity index (χ2n) is 4.69. The maximum Gasteiger partial charge on any atom is 0.154 e. The lowest BCUT2D eigenvalue weighted by Gasteiger charge is -2.22. The third-order valence-electron chi connectivity index (χ3n) is 3.23. The van der Waals surface area contributed by atoms with Crippen LogP contribution in [0.2, 0.25) is 0 Å². The lowest BCUT2D eigenvalue weighted by atomic mass is 10.2. The number of morpholine rings is 1. The van der Waals surface area contributed by atoms with Gasteiger partial charge < -0.3 is 10.1 Å². The Hall–Kier alpha value is -0.940. The molecule has 16 heavy (non-hydrogen) atoms. The van der Waals surface area contributed by atoms with Crippen LogP contribution in [-0.2, 0) is 18.2 Å². The number of aromatic nitrogens is 3. The molecule has 1 atom stereocenters. The van der Waals surface area contributed by atoms with Crippen LogP contribution < -0.4 is 5.32 Å². The zero-order valence-electron chi connectivity index (χ0n) is 9.65. The summed E-state index contributed by atoms with van der Waals surface area (Å²) in [6.07, 6.45) is 3.63. The molecule has 1 aliphatic heterocycles. The zero-order chi connectivity index (χ0) is 11.0. The van der Waals surface area contributed by atoms with Crippen molar-refractivity contribution >= 4 is 0 Å². The molecule has 1 aliphatic carbocycles. The van der Waals surface area contributed by atoms with Gasteiger partial charge in [0, 0.05) is 32.5 Å². The minimum atomic E-state index is 0.253. The van der Waals surface area contributed by atoms with Crippen molar-refractivity contribution in [2.45, 2.75) is 31.3 Å². The van der Waals surface area contributed by atoms with Crippen LogP contribution >= 0.6 is 0 Å². The predicted molar refractivity (Wildman–Crippen MR) is 59.3 cm³/mol. The molecule has 0 bridgehead atoms. The molecule has 2 heterocycles. The van der Waals surface area contributed by atoms with E-state index in [1.54, 1.807) is 0 Å². The highest BCUT2D eigenvalue weighted by Crippen LogP contribution is 2.38. The molecule has 88 valence electrons. The Bertz CT molecular complexity index is 366. The van der Waals surface area contributed by atoms with Crippen LogP contribution in [0.25, 0.3) is 0 Å². The van der Waals surface area contributed by atoms with Gasteiger partial charge in [0.1, 0.15) is 5.82 Å². The third-order valence-corrected chi connectivity index (χ3v) is 3.23. The smallest absolute Gasteiger partial charge is 0.154 e. The zero-order valence-corrected chi connectivity index (χ0v) is 9.65. The monoisotopic (exact) mass is 222 g/mol. The molecule has 5 nitrogen and oxygen atoms in total. The highest BCUT2D eigenvalue weighted by molar-refractivity contribution is 5.06. The highest BCUT2D eigenvalue weighted by atomic mass is 16.5. The van der Waals surface area contributed by atoms with Crippen LogP contribution in [0, 0.1) is 0 Å². The van der Waals surface area contributed by atoms with Gasteiger partial charge in [-0.25, -0.2) is 4.98 Å². The summed E-state index contributed by atoms with van der Waals surface area (Å²) in [5.74, 6) is 2.71. The van der Waals surface area contributed by atoms with E-state index in [4.69, 9.17) is 4.74 Å². The van der Waals surface area contributed by atoms with E-state index >= 15 is 0 Å². The first-order valence-corrected chi connectivity index (χ1v) is 6.05. The van der Waals surface area contributed by atoms with E-state index < -0.39 is 0 Å². The van der Waals surface area contributed by atoms with E-state index in [0.717, 1.165) is 37.8 Å². The molecule has 1 saturated carbocycles. The molecular formula is C11H18N4O. The van der Waals surface area contributed by atoms with Crippen LogP contribution in [0.15, 0.2) is 0 Å². The molecule has 1 N–H and O–H groups in total. The van der Waals surface area contributed by atoms with E-state index in [2.05, 4.69) is 15.4 Å². The Kier molecular flexibility index (Phi) is 2.65. The number of rotatable bonds is 3. The van der Waals surface area contributed by atoms with Gasteiger partial charge in [-0.15, -0.1) is 0 Å². The molecule has 1 aromatic rings. The molecule has 3 rings (SSSR count). The van der Waals surface area contributed by atoms with E-state index in [1.807, 2.05) is 11.7 Å². The van der Waals surface area contributed by atoms with Gasteiger partial charge in [0.25, 0.3) is 0 Å². The van der Waals surface area contributed by atoms with E-state index in [1.165, 1.54) is 12.8 Å². The van der Waals surface area contributed by atoms with Crippen molar-refractivity contribution < 1.29 is 4.74 Å². The number of ether oxygens (including phenoxy) is 1. The van der Waals surface area contributed by atoms with E-state index in [9.17, 15) is 0 Å². The average molecular weight is 222 g/mol. The van der Waals surface area contributed by atoms with Gasteiger partial charge in [-0.3, -0.25) is 4.68 Å². The van der Waals surface area contributed by atoms with Gasteiger partial charge in [0.2, 0.25) is 0 Å². The average Bonchev–Trinajstić information content (AvgIpc) is 3.07. The molecule has 2 aliphatic rings. The van der Waals surface area contributed by atoms with Crippen LogP contribution in [-0.4, -0.2) is 40.6 Å². The van der Waals surface area contributed by atoms with Crippen LogP contribution in [0.4, 0.5) is 0 Å². The van der Waals surface area contributed by atoms with Crippen molar-refractivity contribution in [2.24, 2.45) is 7.05 Å². The summed E-state index contributed by atoms with van der Waals surface area (Å²) >= 11 is 0. The van der Waals surface area contributed by atoms with Crippen LogP contribution in [0.5, 0.6) is 0 Å². The lowest BCUT2D eigenvalue weighted by molar-refractivity contribution is 0.0275. The van der Waals surface area contributed by atoms with Gasteiger partial charge in [-0.1, -0.05) is 0 Å². The summed E-state index contributed by atoms with van der Waals surface area (Å²) < 4.78 is 7.59. The van der Waals surface area contributed by atoms with Crippen molar-refractivity contribution in [3.8, 4) is 0 Å². The Morgan fingerprint density at radius 2 is 2.38 bits per heavy atom. The summed E-state index contributed by atoms with van der Waals surface area (Å²) in [7, 11) is 1.98. The first-order valence-electron chi connectivity index (χ1n) is 6.05. The first kappa shape index (κ1) is 10.2. The van der Waals surface area contributed by atoms with Crippen LogP contribution in [0.3, 0.4) is 0 Å². The van der Waals surface area contributed by atoms with Gasteiger partial charge in [-0.05, 0) is 12.8 Å². The fraction of sp³-hybridized carbons (Fsp3) is 0.818. The molecule has 1 unspecified atom stereocenters. The second-order valence-corrected chi connectivity index (χ2v) is 4.69. The standard InChI is InChI=1S/C11H18N4O/c1-15-10(6-9-7-12-4-5-16-9)13-11(14-15)8-2-3-8/h8-9,12H,2-7H2,1H3. The fourth-order valence-electron chi connectivity index (χ4n) is 2.09. The van der Waals surface area contributed by atoms with Crippen molar-refractivity contribution in [1.29, 1.82) is 0 Å². The predicted octanol–water partition coefficient (Wildman–Crippen LogP) is 0.223. The van der Waals surface area contributed by atoms with Crippen molar-refractivity contribution in [3.05, 3.63) is 11.6 Å². The minimum Gasteiger partial charge on any atom is -0.375 e. The molecule has 0 aromatic carbocycles. The Morgan fingerprint density at radius 1 is 1.50 bits per heavy atom. The number of hydrogen-bond acceptors (Lipinski definition) is 4. The summed E-state index contributed by atoms with van der Waals surface area (Å²) in [4.78, 5) is 4.61. The van der Waals surface area contributed by atoms with Crippen molar-refractivity contribution in [1.82, 2.24) is 20.1 Å². The van der Waals surface area contributed by atoms with Gasteiger partial charge >= 0.3 is 0 Å². The van der Waals surface area contributed by atoms with Crippen molar-refractivity contribution in [3.63, 3.8) is 0 Å². The van der Waals surface area contributed by atoms with Gasteiger partial charge in [0.05, 0.1) is 12.7 Å². The molecule has 2 fully saturated rings. The summed E-state index contributed by atoms with van der Waals surface area (Å²) in [5.41, 5.74) is 0. The number of hydrogen-bond donors (Lipinski definition) is 1. The lowest BCUT2D eigenvalue weighted by Crippen LogP contribution is -2.40. The second kappa shape index (κ2) is 4.14. The number of nitrogens with zero attached hydrogens (tertiary/aromatic N) is 3. The first-order chi connectivity index (χ1) is 7.83. The number of nitrogens with one attached hydrogen (secondary N) is 1. The normalized spacial score (nSPS) is 25.9. The topological polar surface area (TPSA) is 52.0 Å². The third kappa shape index (κ3) is 2.10. The summed E-state index contributed by atoms with van der Waals surface area (Å²) in [5, 5.41) is 7.80. The molecule has 1 saturated heterocycles. The Balaban J connectivity index is 1.68. The SMILES string of the molecule is Cn1nc(C2CC2)nc1CC1CNCCO1. The Morgan fingerprint density at radius 3 is 3.06 bits per heavy atom. The summed E-state index contributed by atoms with van der Waals surface area (Å²) in [6.45, 7) is 2.69. The van der Waals surface area contributed by atoms with E-state index in [-0.39, 0.29) is 6.10 Å². The molecule has 1 aromatic heterocycles. The van der Waals surface area contributed by atoms with Crippen molar-refractivity contribution in [2.75, 3.05) is 19.7 Å². The quantitative estimate of drug-likeness (QED) is 0.795. The molecule has 0 amide bonds. The Labute approximate surface area is 95.2 Å². The van der Waals surface area contributed by atoms with Gasteiger partial charge in [-0.2, -0.15) is 5.10 Å². The molecule has 0 radical (unpaired) electrons. The minimum absolute atomic E-state index is 0.253. The largest absolute Gasteiger partial charge is 0.375 e.